The van der Waals surface area contributed by atoms with E-state index in [1.165, 1.54) is 23.3 Å². The Labute approximate surface area is 154 Å². The summed E-state index contributed by atoms with van der Waals surface area (Å²) in [5, 5.41) is 2.86. The van der Waals surface area contributed by atoms with Crippen molar-refractivity contribution in [1.82, 2.24) is 9.80 Å². The van der Waals surface area contributed by atoms with Crippen molar-refractivity contribution < 1.29 is 9.18 Å². The highest BCUT2D eigenvalue weighted by Gasteiger charge is 2.25. The molecule has 0 aromatic heterocycles. The number of hydrogen-bond acceptors (Lipinski definition) is 3. The van der Waals surface area contributed by atoms with Gasteiger partial charge in [0.05, 0.1) is 6.04 Å². The van der Waals surface area contributed by atoms with E-state index in [9.17, 15) is 9.18 Å². The van der Waals surface area contributed by atoms with E-state index in [0.29, 0.717) is 5.69 Å². The second kappa shape index (κ2) is 8.43. The lowest BCUT2D eigenvalue weighted by atomic mass is 10.1. The lowest BCUT2D eigenvalue weighted by Crippen LogP contribution is -2.52. The predicted octanol–water partition coefficient (Wildman–Crippen LogP) is 3.28. The Morgan fingerprint density at radius 3 is 2.38 bits per heavy atom. The van der Waals surface area contributed by atoms with Crippen molar-refractivity contribution in [1.29, 1.82) is 0 Å². The molecule has 1 fully saturated rings. The quantitative estimate of drug-likeness (QED) is 0.894. The molecule has 138 valence electrons. The van der Waals surface area contributed by atoms with E-state index in [1.54, 1.807) is 12.1 Å². The van der Waals surface area contributed by atoms with Crippen LogP contribution in [0.15, 0.2) is 48.5 Å². The zero-order valence-corrected chi connectivity index (χ0v) is 15.4. The Hall–Kier alpha value is -2.24. The Morgan fingerprint density at radius 2 is 1.73 bits per heavy atom. The Kier molecular flexibility index (Phi) is 6.01. The molecule has 0 saturated carbocycles. The minimum Gasteiger partial charge on any atom is -0.325 e. The minimum absolute atomic E-state index is 0.0519. The van der Waals surface area contributed by atoms with Crippen molar-refractivity contribution in [3.63, 3.8) is 0 Å². The van der Waals surface area contributed by atoms with Crippen LogP contribution in [0.3, 0.4) is 0 Å². The van der Waals surface area contributed by atoms with Crippen LogP contribution in [0.2, 0.25) is 0 Å². The minimum atomic E-state index is -0.305. The fraction of sp³-hybridized carbons (Fsp3) is 0.381. The predicted molar refractivity (Wildman–Crippen MR) is 103 cm³/mol. The first-order valence-corrected chi connectivity index (χ1v) is 9.10. The normalized spacial score (nSPS) is 17.0. The Morgan fingerprint density at radius 1 is 1.08 bits per heavy atom. The SMILES string of the molecule is Cc1ccccc1CN1CCN([C@@H](C)C(=O)Nc2ccc(F)cc2)CC1. The summed E-state index contributed by atoms with van der Waals surface area (Å²) >= 11 is 0. The van der Waals surface area contributed by atoms with Gasteiger partial charge in [-0.3, -0.25) is 14.6 Å². The monoisotopic (exact) mass is 355 g/mol. The van der Waals surface area contributed by atoms with E-state index in [4.69, 9.17) is 0 Å². The topological polar surface area (TPSA) is 35.6 Å². The number of carbonyl (C=O) groups is 1. The Bertz CT molecular complexity index is 739. The molecule has 0 unspecified atom stereocenters. The van der Waals surface area contributed by atoms with Gasteiger partial charge in [-0.2, -0.15) is 0 Å². The summed E-state index contributed by atoms with van der Waals surface area (Å²) in [7, 11) is 0. The maximum absolute atomic E-state index is 13.0. The maximum Gasteiger partial charge on any atom is 0.241 e. The van der Waals surface area contributed by atoms with Crippen molar-refractivity contribution in [2.75, 3.05) is 31.5 Å². The third kappa shape index (κ3) is 4.68. The number of carbonyl (C=O) groups excluding carboxylic acids is 1. The van der Waals surface area contributed by atoms with Gasteiger partial charge in [0.15, 0.2) is 0 Å². The Balaban J connectivity index is 1.50. The first-order chi connectivity index (χ1) is 12.5. The van der Waals surface area contributed by atoms with E-state index in [-0.39, 0.29) is 17.8 Å². The molecule has 1 N–H and O–H groups in total. The van der Waals surface area contributed by atoms with E-state index in [1.807, 2.05) is 6.92 Å². The number of aryl methyl sites for hydroxylation is 1. The summed E-state index contributed by atoms with van der Waals surface area (Å²) in [6.45, 7) is 8.65. The highest BCUT2D eigenvalue weighted by atomic mass is 19.1. The fourth-order valence-electron chi connectivity index (χ4n) is 3.28. The highest BCUT2D eigenvalue weighted by molar-refractivity contribution is 5.94. The number of nitrogens with zero attached hydrogens (tertiary/aromatic N) is 2. The fourth-order valence-corrected chi connectivity index (χ4v) is 3.28. The lowest BCUT2D eigenvalue weighted by Gasteiger charge is -2.37. The molecule has 5 heteroatoms. The molecule has 0 radical (unpaired) electrons. The number of hydrogen-bond donors (Lipinski definition) is 1. The van der Waals surface area contributed by atoms with Gasteiger partial charge in [-0.15, -0.1) is 0 Å². The molecule has 2 aromatic rings. The second-order valence-corrected chi connectivity index (χ2v) is 6.91. The van der Waals surface area contributed by atoms with Gasteiger partial charge < -0.3 is 5.32 Å². The molecule has 26 heavy (non-hydrogen) atoms. The van der Waals surface area contributed by atoms with Gasteiger partial charge in [-0.05, 0) is 49.2 Å². The van der Waals surface area contributed by atoms with Crippen molar-refractivity contribution in [2.45, 2.75) is 26.4 Å². The lowest BCUT2D eigenvalue weighted by molar-refractivity contribution is -0.121. The smallest absolute Gasteiger partial charge is 0.241 e. The second-order valence-electron chi connectivity index (χ2n) is 6.91. The van der Waals surface area contributed by atoms with Crippen molar-refractivity contribution in [3.05, 3.63) is 65.5 Å². The number of halogens is 1. The van der Waals surface area contributed by atoms with Crippen molar-refractivity contribution in [3.8, 4) is 0 Å². The molecule has 1 heterocycles. The summed E-state index contributed by atoms with van der Waals surface area (Å²) < 4.78 is 13.0. The molecule has 0 aliphatic carbocycles. The summed E-state index contributed by atoms with van der Waals surface area (Å²) in [6.07, 6.45) is 0. The van der Waals surface area contributed by atoms with E-state index < -0.39 is 0 Å². The first-order valence-electron chi connectivity index (χ1n) is 9.10. The largest absolute Gasteiger partial charge is 0.325 e. The molecule has 2 aromatic carbocycles. The van der Waals surface area contributed by atoms with Gasteiger partial charge in [0.1, 0.15) is 5.82 Å². The van der Waals surface area contributed by atoms with Gasteiger partial charge in [0.25, 0.3) is 0 Å². The van der Waals surface area contributed by atoms with Gasteiger partial charge in [-0.1, -0.05) is 24.3 Å². The summed E-state index contributed by atoms with van der Waals surface area (Å²) in [5.41, 5.74) is 3.31. The van der Waals surface area contributed by atoms with Crippen LogP contribution in [-0.4, -0.2) is 47.9 Å². The number of anilines is 1. The van der Waals surface area contributed by atoms with Crippen LogP contribution < -0.4 is 5.32 Å². The number of rotatable bonds is 5. The molecule has 0 spiro atoms. The van der Waals surface area contributed by atoms with Gasteiger partial charge >= 0.3 is 0 Å². The molecular formula is C21H26FN3O. The molecule has 1 atom stereocenters. The molecule has 1 amide bonds. The number of piperazine rings is 1. The zero-order chi connectivity index (χ0) is 18.5. The molecule has 1 aliphatic heterocycles. The van der Waals surface area contributed by atoms with Crippen LogP contribution in [0.25, 0.3) is 0 Å². The van der Waals surface area contributed by atoms with Crippen LogP contribution >= 0.6 is 0 Å². The third-order valence-corrected chi connectivity index (χ3v) is 5.10. The van der Waals surface area contributed by atoms with Gasteiger partial charge in [0.2, 0.25) is 5.91 Å². The zero-order valence-electron chi connectivity index (χ0n) is 15.4. The molecule has 1 aliphatic rings. The summed E-state index contributed by atoms with van der Waals surface area (Å²) in [6, 6.07) is 14.1. The van der Waals surface area contributed by atoms with Crippen LogP contribution in [0.5, 0.6) is 0 Å². The van der Waals surface area contributed by atoms with E-state index in [0.717, 1.165) is 32.7 Å². The van der Waals surface area contributed by atoms with Gasteiger partial charge in [-0.25, -0.2) is 4.39 Å². The number of amides is 1. The van der Waals surface area contributed by atoms with Crippen LogP contribution in [-0.2, 0) is 11.3 Å². The first kappa shape index (κ1) is 18.5. The average molecular weight is 355 g/mol. The number of benzene rings is 2. The van der Waals surface area contributed by atoms with Crippen LogP contribution in [0, 0.1) is 12.7 Å². The standard InChI is InChI=1S/C21H26FN3O/c1-16-5-3-4-6-18(16)15-24-11-13-25(14-12-24)17(2)21(26)23-20-9-7-19(22)8-10-20/h3-10,17H,11-15H2,1-2H3,(H,23,26)/t17-/m0/s1. The average Bonchev–Trinajstić information content (AvgIpc) is 2.65. The van der Waals surface area contributed by atoms with Gasteiger partial charge in [0, 0.05) is 38.4 Å². The van der Waals surface area contributed by atoms with Crippen molar-refractivity contribution in [2.24, 2.45) is 0 Å². The highest BCUT2D eigenvalue weighted by Crippen LogP contribution is 2.15. The molecule has 3 rings (SSSR count). The van der Waals surface area contributed by atoms with Crippen LogP contribution in [0.1, 0.15) is 18.1 Å². The van der Waals surface area contributed by atoms with Crippen molar-refractivity contribution >= 4 is 11.6 Å². The van der Waals surface area contributed by atoms with Crippen LogP contribution in [0.4, 0.5) is 10.1 Å². The number of nitrogens with one attached hydrogen (secondary N) is 1. The molecule has 1 saturated heterocycles. The third-order valence-electron chi connectivity index (χ3n) is 5.10. The van der Waals surface area contributed by atoms with E-state index in [2.05, 4.69) is 46.3 Å². The van der Waals surface area contributed by atoms with E-state index >= 15 is 0 Å². The summed E-state index contributed by atoms with van der Waals surface area (Å²) in [4.78, 5) is 17.1. The molecule has 0 bridgehead atoms. The molecule has 4 nitrogen and oxygen atoms in total. The summed E-state index contributed by atoms with van der Waals surface area (Å²) in [5.74, 6) is -0.357. The molecular weight excluding hydrogens is 329 g/mol. The maximum atomic E-state index is 13.0.